The summed E-state index contributed by atoms with van der Waals surface area (Å²) in [6.07, 6.45) is -0.277. The largest absolute Gasteiger partial charge is 0.481 e. The van der Waals surface area contributed by atoms with Gasteiger partial charge in [0.1, 0.15) is 5.82 Å². The van der Waals surface area contributed by atoms with E-state index >= 15 is 0 Å². The highest BCUT2D eigenvalue weighted by Crippen LogP contribution is 2.30. The van der Waals surface area contributed by atoms with Crippen LogP contribution in [0.1, 0.15) is 15.2 Å². The number of carboxylic acids is 1. The number of hydrogen-bond donors (Lipinski definition) is 2. The van der Waals surface area contributed by atoms with Crippen LogP contribution in [0.3, 0.4) is 0 Å². The van der Waals surface area contributed by atoms with Crippen molar-refractivity contribution < 1.29 is 18.4 Å². The summed E-state index contributed by atoms with van der Waals surface area (Å²) in [5, 5.41) is 11.3. The maximum Gasteiger partial charge on any atom is 0.307 e. The molecule has 0 spiro atoms. The van der Waals surface area contributed by atoms with Crippen molar-refractivity contribution in [1.82, 2.24) is 0 Å². The molecular formula is C15H13ClFNO2. The van der Waals surface area contributed by atoms with E-state index in [9.17, 15) is 9.18 Å². The molecule has 20 heavy (non-hydrogen) atoms. The normalized spacial score (nSPS) is 12.4. The predicted molar refractivity (Wildman–Crippen MR) is 77.2 cm³/mol. The molecule has 3 nitrogen and oxygen atoms in total. The molecule has 0 saturated heterocycles. The van der Waals surface area contributed by atoms with Crippen LogP contribution in [-0.2, 0) is 11.2 Å². The van der Waals surface area contributed by atoms with Crippen molar-refractivity contribution >= 4 is 28.9 Å². The van der Waals surface area contributed by atoms with Gasteiger partial charge in [0.25, 0.3) is 0 Å². The van der Waals surface area contributed by atoms with Gasteiger partial charge in [0.05, 0.1) is 21.2 Å². The van der Waals surface area contributed by atoms with Crippen molar-refractivity contribution in [3.05, 3.63) is 58.3 Å². The van der Waals surface area contributed by atoms with Crippen LogP contribution in [0.15, 0.2) is 36.3 Å². The van der Waals surface area contributed by atoms with Crippen molar-refractivity contribution in [3.63, 3.8) is 0 Å². The van der Waals surface area contributed by atoms with E-state index in [0.717, 1.165) is 5.56 Å². The van der Waals surface area contributed by atoms with Crippen molar-refractivity contribution in [2.75, 3.05) is 5.32 Å². The Labute approximate surface area is 125 Å². The number of aliphatic carboxylic acids is 1. The highest BCUT2D eigenvalue weighted by molar-refractivity contribution is 6.33. The number of anilines is 2. The van der Waals surface area contributed by atoms with E-state index in [4.69, 9.17) is 20.8 Å². The summed E-state index contributed by atoms with van der Waals surface area (Å²) >= 11 is 5.91. The first-order chi connectivity index (χ1) is 10.7. The molecule has 0 saturated carbocycles. The van der Waals surface area contributed by atoms with Gasteiger partial charge >= 0.3 is 5.97 Å². The Morgan fingerprint density at radius 3 is 2.95 bits per heavy atom. The smallest absolute Gasteiger partial charge is 0.307 e. The second-order valence-corrected chi connectivity index (χ2v) is 4.61. The van der Waals surface area contributed by atoms with Crippen molar-refractivity contribution in [1.29, 1.82) is 0 Å². The molecule has 0 aliphatic rings. The molecule has 0 unspecified atom stereocenters. The number of carbonyl (C=O) groups is 1. The average molecular weight is 297 g/mol. The molecule has 0 aliphatic heterocycles. The predicted octanol–water partition coefficient (Wildman–Crippen LogP) is 4.16. The first-order valence-corrected chi connectivity index (χ1v) is 6.13. The van der Waals surface area contributed by atoms with Crippen LogP contribution in [0.2, 0.25) is 5.02 Å². The molecule has 5 heteroatoms. The molecule has 0 fully saturated rings. The molecule has 0 heterocycles. The van der Waals surface area contributed by atoms with Crippen LogP contribution in [0.5, 0.6) is 0 Å². The second-order valence-electron chi connectivity index (χ2n) is 4.23. The number of para-hydroxylation sites is 1. The van der Waals surface area contributed by atoms with Crippen LogP contribution >= 0.6 is 11.6 Å². The SMILES string of the molecule is [2H]c1c([2H])c(F)c(Nc2ccc(C)cc2CC(=O)O)c(Cl)c1[2H]. The van der Waals surface area contributed by atoms with Gasteiger partial charge in [-0.25, -0.2) is 4.39 Å². The van der Waals surface area contributed by atoms with Gasteiger partial charge in [-0.1, -0.05) is 35.3 Å². The zero-order valence-electron chi connectivity index (χ0n) is 13.6. The van der Waals surface area contributed by atoms with Gasteiger partial charge in [0.2, 0.25) is 0 Å². The number of rotatable bonds is 4. The summed E-state index contributed by atoms with van der Waals surface area (Å²) < 4.78 is 36.8. The Kier molecular flexibility index (Phi) is 3.17. The first kappa shape index (κ1) is 10.7. The quantitative estimate of drug-likeness (QED) is 0.891. The van der Waals surface area contributed by atoms with Crippen molar-refractivity contribution in [2.24, 2.45) is 0 Å². The Bertz CT molecular complexity index is 770. The molecule has 104 valence electrons. The fraction of sp³-hybridized carbons (Fsp3) is 0.133. The lowest BCUT2D eigenvalue weighted by atomic mass is 10.1. The third kappa shape index (κ3) is 3.27. The molecule has 2 aromatic rings. The van der Waals surface area contributed by atoms with Gasteiger partial charge in [-0.15, -0.1) is 0 Å². The average Bonchev–Trinajstić information content (AvgIpc) is 2.49. The second kappa shape index (κ2) is 5.92. The van der Waals surface area contributed by atoms with E-state index in [1.807, 2.05) is 0 Å². The summed E-state index contributed by atoms with van der Waals surface area (Å²) in [6.45, 7) is 1.79. The first-order valence-electron chi connectivity index (χ1n) is 7.25. The fourth-order valence-corrected chi connectivity index (χ4v) is 1.94. The minimum Gasteiger partial charge on any atom is -0.481 e. The number of hydrogen-bond acceptors (Lipinski definition) is 2. The summed E-state index contributed by atoms with van der Waals surface area (Å²) in [7, 11) is 0. The molecule has 0 radical (unpaired) electrons. The molecule has 0 aromatic heterocycles. The van der Waals surface area contributed by atoms with E-state index in [2.05, 4.69) is 5.32 Å². The Morgan fingerprint density at radius 2 is 2.25 bits per heavy atom. The standard InChI is InChI=1S/C15H13ClFNO2/c1-9-5-6-13(10(7-9)8-14(19)20)18-15-11(16)3-2-4-12(15)17/h2-7,18H,8H2,1H3,(H,19,20)/i2D,3D,4D. The number of carboxylic acid groups (broad SMARTS) is 1. The van der Waals surface area contributed by atoms with E-state index in [1.54, 1.807) is 25.1 Å². The lowest BCUT2D eigenvalue weighted by molar-refractivity contribution is -0.136. The maximum atomic E-state index is 14.2. The van der Waals surface area contributed by atoms with Crippen LogP contribution < -0.4 is 5.32 Å². The van der Waals surface area contributed by atoms with E-state index in [0.29, 0.717) is 11.3 Å². The third-order valence-electron chi connectivity index (χ3n) is 2.65. The highest BCUT2D eigenvalue weighted by Gasteiger charge is 2.11. The van der Waals surface area contributed by atoms with Gasteiger partial charge in [-0.05, 0) is 30.6 Å². The summed E-state index contributed by atoms with van der Waals surface area (Å²) in [4.78, 5) is 11.0. The maximum absolute atomic E-state index is 14.2. The molecule has 0 bridgehead atoms. The number of halogens is 2. The lowest BCUT2D eigenvalue weighted by Gasteiger charge is -2.13. The molecule has 0 amide bonds. The van der Waals surface area contributed by atoms with Gasteiger partial charge < -0.3 is 10.4 Å². The molecule has 0 aliphatic carbocycles. The van der Waals surface area contributed by atoms with Gasteiger partial charge in [0, 0.05) is 5.69 Å². The minimum atomic E-state index is -1.06. The zero-order valence-corrected chi connectivity index (χ0v) is 11.3. The third-order valence-corrected chi connectivity index (χ3v) is 2.93. The van der Waals surface area contributed by atoms with Gasteiger partial charge in [-0.2, -0.15) is 0 Å². The Morgan fingerprint density at radius 1 is 1.50 bits per heavy atom. The molecule has 0 atom stereocenters. The van der Waals surface area contributed by atoms with Crippen molar-refractivity contribution in [2.45, 2.75) is 13.3 Å². The highest BCUT2D eigenvalue weighted by atomic mass is 35.5. The van der Waals surface area contributed by atoms with E-state index in [1.165, 1.54) is 0 Å². The fourth-order valence-electron chi connectivity index (χ4n) is 1.76. The van der Waals surface area contributed by atoms with Crippen LogP contribution in [0, 0.1) is 12.7 Å². The summed E-state index contributed by atoms with van der Waals surface area (Å²) in [5.41, 5.74) is 1.26. The minimum absolute atomic E-state index is 0.277. The molecule has 2 aromatic carbocycles. The molecular weight excluding hydrogens is 281 g/mol. The molecule has 2 rings (SSSR count). The topological polar surface area (TPSA) is 49.3 Å². The van der Waals surface area contributed by atoms with Gasteiger partial charge in [-0.3, -0.25) is 4.79 Å². The Balaban J connectivity index is 2.54. The monoisotopic (exact) mass is 296 g/mol. The number of nitrogens with one attached hydrogen (secondary N) is 1. The van der Waals surface area contributed by atoms with E-state index < -0.39 is 29.9 Å². The number of aryl methyl sites for hydroxylation is 1. The number of benzene rings is 2. The van der Waals surface area contributed by atoms with Crippen molar-refractivity contribution in [3.8, 4) is 0 Å². The van der Waals surface area contributed by atoms with E-state index in [-0.39, 0.29) is 17.1 Å². The van der Waals surface area contributed by atoms with Gasteiger partial charge in [0.15, 0.2) is 0 Å². The van der Waals surface area contributed by atoms with Crippen LogP contribution in [0.25, 0.3) is 0 Å². The van der Waals surface area contributed by atoms with Crippen LogP contribution in [-0.4, -0.2) is 11.1 Å². The zero-order chi connectivity index (χ0) is 17.3. The summed E-state index contributed by atoms with van der Waals surface area (Å²) in [6, 6.07) is 3.12. The lowest BCUT2D eigenvalue weighted by Crippen LogP contribution is -2.05. The molecule has 2 N–H and O–H groups in total. The Hall–Kier alpha value is -2.07. The summed E-state index contributed by atoms with van der Waals surface area (Å²) in [5.74, 6) is -2.10. The van der Waals surface area contributed by atoms with Crippen LogP contribution in [0.4, 0.5) is 15.8 Å².